The maximum Gasteiger partial charge on any atom is 0.269 e. The Bertz CT molecular complexity index is 747. The Labute approximate surface area is 140 Å². The number of aromatic nitrogens is 2. The standard InChI is InChI=1S/C17H21N5O2/c23-22(24)14-6-4-13(5-7-14)21-17-15(8-9-18-17)16(19-21)12-20-10-2-1-3-11-20/h4-7,18H,1-3,8-12H2. The van der Waals surface area contributed by atoms with Crippen molar-refractivity contribution in [2.75, 3.05) is 25.0 Å². The number of piperidine rings is 1. The van der Waals surface area contributed by atoms with Crippen LogP contribution in [0.25, 0.3) is 5.69 Å². The van der Waals surface area contributed by atoms with Gasteiger partial charge in [0, 0.05) is 30.8 Å². The van der Waals surface area contributed by atoms with Gasteiger partial charge in [0.1, 0.15) is 5.82 Å². The molecule has 0 aliphatic carbocycles. The predicted molar refractivity (Wildman–Crippen MR) is 91.5 cm³/mol. The highest BCUT2D eigenvalue weighted by atomic mass is 16.6. The molecule has 0 amide bonds. The highest BCUT2D eigenvalue weighted by molar-refractivity contribution is 5.57. The second-order valence-corrected chi connectivity index (χ2v) is 6.47. The Kier molecular flexibility index (Phi) is 3.93. The van der Waals surface area contributed by atoms with Gasteiger partial charge in [-0.3, -0.25) is 15.0 Å². The number of non-ortho nitro benzene ring substituents is 1. The number of hydrogen-bond donors (Lipinski definition) is 1. The van der Waals surface area contributed by atoms with Crippen LogP contribution in [0.3, 0.4) is 0 Å². The van der Waals surface area contributed by atoms with Gasteiger partial charge in [0.25, 0.3) is 5.69 Å². The molecule has 0 saturated carbocycles. The largest absolute Gasteiger partial charge is 0.369 e. The van der Waals surface area contributed by atoms with Crippen molar-refractivity contribution in [2.45, 2.75) is 32.2 Å². The number of nitrogens with zero attached hydrogens (tertiary/aromatic N) is 4. The zero-order chi connectivity index (χ0) is 16.5. The van der Waals surface area contributed by atoms with Gasteiger partial charge in [-0.25, -0.2) is 4.68 Å². The molecule has 2 aliphatic rings. The molecule has 1 aromatic carbocycles. The molecule has 1 aromatic heterocycles. The molecule has 0 unspecified atom stereocenters. The van der Waals surface area contributed by atoms with Gasteiger partial charge in [-0.1, -0.05) is 6.42 Å². The lowest BCUT2D eigenvalue weighted by Crippen LogP contribution is -2.29. The van der Waals surface area contributed by atoms with E-state index in [1.54, 1.807) is 12.1 Å². The fourth-order valence-electron chi connectivity index (χ4n) is 3.60. The summed E-state index contributed by atoms with van der Waals surface area (Å²) in [6.45, 7) is 4.11. The second-order valence-electron chi connectivity index (χ2n) is 6.47. The maximum atomic E-state index is 10.8. The minimum Gasteiger partial charge on any atom is -0.369 e. The van der Waals surface area contributed by atoms with Gasteiger partial charge in [-0.2, -0.15) is 5.10 Å². The number of nitrogens with one attached hydrogen (secondary N) is 1. The summed E-state index contributed by atoms with van der Waals surface area (Å²) < 4.78 is 1.89. The minimum atomic E-state index is -0.378. The average Bonchev–Trinajstić information content (AvgIpc) is 3.20. The molecule has 2 aromatic rings. The molecule has 1 saturated heterocycles. The van der Waals surface area contributed by atoms with Crippen LogP contribution < -0.4 is 5.32 Å². The van der Waals surface area contributed by atoms with Crippen molar-refractivity contribution in [2.24, 2.45) is 0 Å². The molecule has 1 fully saturated rings. The first-order valence-corrected chi connectivity index (χ1v) is 8.54. The Morgan fingerprint density at radius 2 is 1.92 bits per heavy atom. The van der Waals surface area contributed by atoms with E-state index in [0.717, 1.165) is 49.8 Å². The quantitative estimate of drug-likeness (QED) is 0.690. The molecule has 3 heterocycles. The third-order valence-electron chi connectivity index (χ3n) is 4.86. The third-order valence-corrected chi connectivity index (χ3v) is 4.86. The van der Waals surface area contributed by atoms with E-state index in [1.165, 1.54) is 37.0 Å². The first kappa shape index (κ1) is 15.1. The van der Waals surface area contributed by atoms with Crippen LogP contribution in [0.5, 0.6) is 0 Å². The van der Waals surface area contributed by atoms with E-state index in [-0.39, 0.29) is 10.6 Å². The molecule has 0 bridgehead atoms. The normalized spacial score (nSPS) is 17.5. The van der Waals surface area contributed by atoms with Crippen molar-refractivity contribution in [3.05, 3.63) is 45.6 Å². The van der Waals surface area contributed by atoms with Crippen LogP contribution in [0, 0.1) is 10.1 Å². The lowest BCUT2D eigenvalue weighted by atomic mass is 10.1. The fourth-order valence-corrected chi connectivity index (χ4v) is 3.60. The number of nitro groups is 1. The van der Waals surface area contributed by atoms with Crippen LogP contribution in [-0.4, -0.2) is 39.2 Å². The SMILES string of the molecule is O=[N+]([O-])c1ccc(-n2nc(CN3CCCCC3)c3c2NCC3)cc1. The van der Waals surface area contributed by atoms with Crippen molar-refractivity contribution in [1.82, 2.24) is 14.7 Å². The van der Waals surface area contributed by atoms with Gasteiger partial charge in [-0.15, -0.1) is 0 Å². The summed E-state index contributed by atoms with van der Waals surface area (Å²) in [5.41, 5.74) is 3.38. The highest BCUT2D eigenvalue weighted by Crippen LogP contribution is 2.30. The van der Waals surface area contributed by atoms with Gasteiger partial charge in [-0.05, 0) is 44.5 Å². The molecule has 24 heavy (non-hydrogen) atoms. The number of rotatable bonds is 4. The van der Waals surface area contributed by atoms with E-state index >= 15 is 0 Å². The predicted octanol–water partition coefficient (Wildman–Crippen LogP) is 2.73. The smallest absolute Gasteiger partial charge is 0.269 e. The Hall–Kier alpha value is -2.41. The van der Waals surface area contributed by atoms with E-state index in [4.69, 9.17) is 5.10 Å². The van der Waals surface area contributed by atoms with Crippen molar-refractivity contribution >= 4 is 11.5 Å². The zero-order valence-electron chi connectivity index (χ0n) is 13.6. The van der Waals surface area contributed by atoms with Gasteiger partial charge in [0.05, 0.1) is 16.3 Å². The number of fused-ring (bicyclic) bond motifs is 1. The molecule has 4 rings (SSSR count). The Balaban J connectivity index is 1.64. The van der Waals surface area contributed by atoms with Gasteiger partial charge in [0.15, 0.2) is 0 Å². The van der Waals surface area contributed by atoms with E-state index < -0.39 is 0 Å². The Morgan fingerprint density at radius 3 is 2.62 bits per heavy atom. The number of anilines is 1. The second kappa shape index (κ2) is 6.24. The Morgan fingerprint density at radius 1 is 1.17 bits per heavy atom. The van der Waals surface area contributed by atoms with Gasteiger partial charge >= 0.3 is 0 Å². The van der Waals surface area contributed by atoms with E-state index in [1.807, 2.05) is 4.68 Å². The summed E-state index contributed by atoms with van der Waals surface area (Å²) in [6.07, 6.45) is 4.85. The molecule has 0 radical (unpaired) electrons. The monoisotopic (exact) mass is 327 g/mol. The summed E-state index contributed by atoms with van der Waals surface area (Å²) in [6, 6.07) is 6.58. The number of benzene rings is 1. The van der Waals surface area contributed by atoms with Crippen molar-refractivity contribution in [3.63, 3.8) is 0 Å². The third kappa shape index (κ3) is 2.75. The lowest BCUT2D eigenvalue weighted by Gasteiger charge is -2.25. The molecule has 0 spiro atoms. The molecular formula is C17H21N5O2. The van der Waals surface area contributed by atoms with Gasteiger partial charge < -0.3 is 5.32 Å². The van der Waals surface area contributed by atoms with E-state index in [0.29, 0.717) is 0 Å². The van der Waals surface area contributed by atoms with Crippen molar-refractivity contribution < 1.29 is 4.92 Å². The summed E-state index contributed by atoms with van der Waals surface area (Å²) >= 11 is 0. The lowest BCUT2D eigenvalue weighted by molar-refractivity contribution is -0.384. The van der Waals surface area contributed by atoms with Crippen LogP contribution in [0.15, 0.2) is 24.3 Å². The van der Waals surface area contributed by atoms with Crippen molar-refractivity contribution in [1.29, 1.82) is 0 Å². The topological polar surface area (TPSA) is 76.2 Å². The van der Waals surface area contributed by atoms with Crippen LogP contribution in [-0.2, 0) is 13.0 Å². The van der Waals surface area contributed by atoms with Crippen molar-refractivity contribution in [3.8, 4) is 5.69 Å². The molecule has 1 N–H and O–H groups in total. The first-order chi connectivity index (χ1) is 11.7. The molecule has 7 nitrogen and oxygen atoms in total. The number of hydrogen-bond acceptors (Lipinski definition) is 5. The number of nitro benzene ring substituents is 1. The van der Waals surface area contributed by atoms with E-state index in [2.05, 4.69) is 10.2 Å². The van der Waals surface area contributed by atoms with Crippen LogP contribution in [0.4, 0.5) is 11.5 Å². The molecular weight excluding hydrogens is 306 g/mol. The average molecular weight is 327 g/mol. The minimum absolute atomic E-state index is 0.101. The number of likely N-dealkylation sites (tertiary alicyclic amines) is 1. The fraction of sp³-hybridized carbons (Fsp3) is 0.471. The summed E-state index contributed by atoms with van der Waals surface area (Å²) in [5, 5.41) is 19.1. The molecule has 2 aliphatic heterocycles. The van der Waals surface area contributed by atoms with Crippen LogP contribution in [0.1, 0.15) is 30.5 Å². The van der Waals surface area contributed by atoms with Gasteiger partial charge in [0.2, 0.25) is 0 Å². The maximum absolute atomic E-state index is 10.8. The van der Waals surface area contributed by atoms with E-state index in [9.17, 15) is 10.1 Å². The molecule has 7 heteroatoms. The summed E-state index contributed by atoms with van der Waals surface area (Å²) in [7, 11) is 0. The zero-order valence-corrected chi connectivity index (χ0v) is 13.6. The van der Waals surface area contributed by atoms with Crippen LogP contribution in [0.2, 0.25) is 0 Å². The summed E-state index contributed by atoms with van der Waals surface area (Å²) in [4.78, 5) is 12.9. The first-order valence-electron chi connectivity index (χ1n) is 8.54. The highest BCUT2D eigenvalue weighted by Gasteiger charge is 2.24. The molecule has 126 valence electrons. The molecule has 0 atom stereocenters. The summed E-state index contributed by atoms with van der Waals surface area (Å²) in [5.74, 6) is 1.04. The van der Waals surface area contributed by atoms with Crippen LogP contribution >= 0.6 is 0 Å².